The van der Waals surface area contributed by atoms with Crippen LogP contribution < -0.4 is 0 Å². The minimum Gasteiger partial charge on any atom is -0.0590 e. The van der Waals surface area contributed by atoms with E-state index in [-0.39, 0.29) is 8.41 Å². The molecule has 4 saturated carbocycles. The van der Waals surface area contributed by atoms with Crippen molar-refractivity contribution in [2.45, 2.75) is 57.8 Å². The van der Waals surface area contributed by atoms with Crippen molar-refractivity contribution in [3.8, 4) is 0 Å². The standard InChI is InChI=1S/C18H24.B/c1-12-3-4-13(2)17(5-12)18-9-14-6-15(10-18)8-16(7-14)11-18;/h3-5,14-16H,6-11H2,1-2H3;. The van der Waals surface area contributed by atoms with E-state index < -0.39 is 0 Å². The lowest BCUT2D eigenvalue weighted by Gasteiger charge is -2.57. The van der Waals surface area contributed by atoms with Gasteiger partial charge in [-0.05, 0) is 86.7 Å². The Labute approximate surface area is 119 Å². The van der Waals surface area contributed by atoms with Gasteiger partial charge in [-0.2, -0.15) is 0 Å². The second-order valence-electron chi connectivity index (χ2n) is 7.52. The summed E-state index contributed by atoms with van der Waals surface area (Å²) in [7, 11) is 0. The van der Waals surface area contributed by atoms with Gasteiger partial charge in [0.15, 0.2) is 0 Å². The van der Waals surface area contributed by atoms with Crippen molar-refractivity contribution in [1.29, 1.82) is 0 Å². The highest BCUT2D eigenvalue weighted by atomic mass is 14.6. The summed E-state index contributed by atoms with van der Waals surface area (Å²) in [6.45, 7) is 4.58. The first-order valence-corrected chi connectivity index (χ1v) is 7.72. The van der Waals surface area contributed by atoms with Crippen LogP contribution in [-0.4, -0.2) is 8.41 Å². The van der Waals surface area contributed by atoms with Crippen LogP contribution >= 0.6 is 0 Å². The summed E-state index contributed by atoms with van der Waals surface area (Å²) in [5.41, 5.74) is 5.28. The molecule has 4 aliphatic carbocycles. The largest absolute Gasteiger partial charge is 0.0590 e. The molecule has 1 aromatic rings. The van der Waals surface area contributed by atoms with E-state index in [0.29, 0.717) is 5.41 Å². The maximum atomic E-state index is 2.50. The van der Waals surface area contributed by atoms with E-state index in [0.717, 1.165) is 17.8 Å². The molecule has 0 aliphatic heterocycles. The van der Waals surface area contributed by atoms with Crippen molar-refractivity contribution in [2.24, 2.45) is 17.8 Å². The minimum atomic E-state index is 0. The van der Waals surface area contributed by atoms with Crippen LogP contribution in [0.2, 0.25) is 0 Å². The molecule has 99 valence electrons. The van der Waals surface area contributed by atoms with Crippen LogP contribution in [0.1, 0.15) is 55.2 Å². The predicted octanol–water partition coefficient (Wildman–Crippen LogP) is 4.39. The molecule has 0 nitrogen and oxygen atoms in total. The van der Waals surface area contributed by atoms with Crippen LogP contribution in [0, 0.1) is 31.6 Å². The Bertz CT molecular complexity index is 453. The van der Waals surface area contributed by atoms with Gasteiger partial charge >= 0.3 is 0 Å². The molecule has 3 radical (unpaired) electrons. The van der Waals surface area contributed by atoms with Crippen molar-refractivity contribution in [3.05, 3.63) is 34.9 Å². The Morgan fingerprint density at radius 3 is 1.95 bits per heavy atom. The van der Waals surface area contributed by atoms with E-state index in [9.17, 15) is 0 Å². The van der Waals surface area contributed by atoms with E-state index in [2.05, 4.69) is 32.0 Å². The van der Waals surface area contributed by atoms with Gasteiger partial charge in [0, 0.05) is 8.41 Å². The number of hydrogen-bond donors (Lipinski definition) is 0. The molecule has 0 unspecified atom stereocenters. The van der Waals surface area contributed by atoms with Gasteiger partial charge in [0.05, 0.1) is 0 Å². The molecule has 4 aliphatic rings. The van der Waals surface area contributed by atoms with Crippen LogP contribution in [0.3, 0.4) is 0 Å². The Morgan fingerprint density at radius 1 is 0.895 bits per heavy atom. The second kappa shape index (κ2) is 4.40. The fourth-order valence-corrected chi connectivity index (χ4v) is 5.75. The van der Waals surface area contributed by atoms with Crippen LogP contribution in [0.5, 0.6) is 0 Å². The van der Waals surface area contributed by atoms with Crippen LogP contribution in [0.4, 0.5) is 0 Å². The van der Waals surface area contributed by atoms with Crippen LogP contribution in [0.15, 0.2) is 18.2 Å². The summed E-state index contributed by atoms with van der Waals surface area (Å²) in [6.07, 6.45) is 9.11. The van der Waals surface area contributed by atoms with Gasteiger partial charge in [0.25, 0.3) is 0 Å². The lowest BCUT2D eigenvalue weighted by atomic mass is 9.47. The van der Waals surface area contributed by atoms with Crippen molar-refractivity contribution >= 4 is 8.41 Å². The van der Waals surface area contributed by atoms with Gasteiger partial charge in [-0.3, -0.25) is 0 Å². The zero-order chi connectivity index (χ0) is 12.3. The molecular weight excluding hydrogens is 227 g/mol. The first kappa shape index (κ1) is 13.3. The van der Waals surface area contributed by atoms with Crippen molar-refractivity contribution in [3.63, 3.8) is 0 Å². The quantitative estimate of drug-likeness (QED) is 0.649. The Balaban J connectivity index is 0.00000110. The fourth-order valence-electron chi connectivity index (χ4n) is 5.75. The first-order chi connectivity index (χ1) is 8.64. The molecule has 1 heteroatoms. The highest BCUT2D eigenvalue weighted by Crippen LogP contribution is 2.61. The lowest BCUT2D eigenvalue weighted by molar-refractivity contribution is -0.00548. The van der Waals surface area contributed by atoms with Crippen LogP contribution in [-0.2, 0) is 5.41 Å². The van der Waals surface area contributed by atoms with Gasteiger partial charge in [-0.15, -0.1) is 0 Å². The van der Waals surface area contributed by atoms with Crippen molar-refractivity contribution in [1.82, 2.24) is 0 Å². The topological polar surface area (TPSA) is 0 Å². The highest BCUT2D eigenvalue weighted by molar-refractivity contribution is 5.75. The van der Waals surface area contributed by atoms with Gasteiger partial charge in [-0.25, -0.2) is 0 Å². The molecule has 0 spiro atoms. The minimum absolute atomic E-state index is 0. The molecule has 5 rings (SSSR count). The predicted molar refractivity (Wildman–Crippen MR) is 81.5 cm³/mol. The SMILES string of the molecule is Cc1ccc(C)c(C23CC4CC(CC(C4)C2)C3)c1.[B]. The average Bonchev–Trinajstić information content (AvgIpc) is 2.30. The van der Waals surface area contributed by atoms with Gasteiger partial charge in [0.1, 0.15) is 0 Å². The highest BCUT2D eigenvalue weighted by Gasteiger charge is 2.51. The van der Waals surface area contributed by atoms with Gasteiger partial charge < -0.3 is 0 Å². The zero-order valence-corrected chi connectivity index (χ0v) is 12.3. The molecule has 0 amide bonds. The molecule has 0 N–H and O–H groups in total. The maximum absolute atomic E-state index is 2.50. The smallest absolute Gasteiger partial charge is 0 e. The monoisotopic (exact) mass is 251 g/mol. The number of rotatable bonds is 1. The molecule has 4 bridgehead atoms. The molecule has 4 fully saturated rings. The zero-order valence-electron chi connectivity index (χ0n) is 12.3. The van der Waals surface area contributed by atoms with Crippen LogP contribution in [0.25, 0.3) is 0 Å². The van der Waals surface area contributed by atoms with Gasteiger partial charge in [-0.1, -0.05) is 23.8 Å². The number of benzene rings is 1. The Morgan fingerprint density at radius 2 is 1.42 bits per heavy atom. The third kappa shape index (κ3) is 1.97. The summed E-state index contributed by atoms with van der Waals surface area (Å²) in [6, 6.07) is 7.13. The second-order valence-corrected chi connectivity index (χ2v) is 7.52. The molecule has 0 heterocycles. The third-order valence-electron chi connectivity index (χ3n) is 6.00. The van der Waals surface area contributed by atoms with Gasteiger partial charge in [0.2, 0.25) is 0 Å². The van der Waals surface area contributed by atoms with Crippen molar-refractivity contribution < 1.29 is 0 Å². The molecule has 19 heavy (non-hydrogen) atoms. The molecule has 0 aromatic heterocycles. The van der Waals surface area contributed by atoms with E-state index in [1.807, 2.05) is 0 Å². The normalized spacial score (nSPS) is 39.2. The number of hydrogen-bond acceptors (Lipinski definition) is 0. The molecular formula is C18H24B. The fraction of sp³-hybridized carbons (Fsp3) is 0.667. The molecule has 0 saturated heterocycles. The summed E-state index contributed by atoms with van der Waals surface area (Å²) in [5, 5.41) is 0. The van der Waals surface area contributed by atoms with E-state index in [1.165, 1.54) is 24.8 Å². The first-order valence-electron chi connectivity index (χ1n) is 7.72. The molecule has 0 atom stereocenters. The molecule has 1 aromatic carbocycles. The summed E-state index contributed by atoms with van der Waals surface area (Å²) in [4.78, 5) is 0. The lowest BCUT2D eigenvalue weighted by Crippen LogP contribution is -2.48. The van der Waals surface area contributed by atoms with E-state index in [1.54, 1.807) is 30.4 Å². The summed E-state index contributed by atoms with van der Waals surface area (Å²) >= 11 is 0. The van der Waals surface area contributed by atoms with E-state index >= 15 is 0 Å². The third-order valence-corrected chi connectivity index (χ3v) is 6.00. The summed E-state index contributed by atoms with van der Waals surface area (Å²) < 4.78 is 0. The summed E-state index contributed by atoms with van der Waals surface area (Å²) in [5.74, 6) is 3.16. The Hall–Kier alpha value is -0.715. The van der Waals surface area contributed by atoms with Crippen molar-refractivity contribution in [2.75, 3.05) is 0 Å². The van der Waals surface area contributed by atoms with E-state index in [4.69, 9.17) is 0 Å². The number of aryl methyl sites for hydroxylation is 2. The maximum Gasteiger partial charge on any atom is 0 e. The average molecular weight is 251 g/mol. The Kier molecular flexibility index (Phi) is 3.07.